The summed E-state index contributed by atoms with van der Waals surface area (Å²) in [4.78, 5) is 43.4. The van der Waals surface area contributed by atoms with E-state index < -0.39 is 39.4 Å². The average Bonchev–Trinajstić information content (AvgIpc) is 3.26. The second-order valence-electron chi connectivity index (χ2n) is 9.73. The molecular formula is C23H36N2O5S. The van der Waals surface area contributed by atoms with Crippen LogP contribution in [0, 0.1) is 17.8 Å². The van der Waals surface area contributed by atoms with E-state index in [1.165, 1.54) is 11.8 Å². The van der Waals surface area contributed by atoms with E-state index in [0.29, 0.717) is 25.9 Å². The van der Waals surface area contributed by atoms with E-state index in [1.54, 1.807) is 15.9 Å². The Morgan fingerprint density at radius 2 is 2.06 bits per heavy atom. The van der Waals surface area contributed by atoms with Crippen LogP contribution in [0.25, 0.3) is 0 Å². The number of carboxylic acid groups (broad SMARTS) is 1. The Hall–Kier alpha value is -1.54. The van der Waals surface area contributed by atoms with E-state index in [4.69, 9.17) is 0 Å². The van der Waals surface area contributed by atoms with Crippen LogP contribution in [-0.2, 0) is 14.4 Å². The summed E-state index contributed by atoms with van der Waals surface area (Å²) < 4.78 is -1.32. The molecule has 3 fully saturated rings. The fraction of sp³-hybridized carbons (Fsp3) is 0.783. The molecule has 31 heavy (non-hydrogen) atoms. The first kappa shape index (κ1) is 24.1. The molecule has 3 rings (SSSR count). The summed E-state index contributed by atoms with van der Waals surface area (Å²) in [6.45, 7) is 12.3. The maximum atomic E-state index is 14.0. The predicted molar refractivity (Wildman–Crippen MR) is 121 cm³/mol. The molecule has 0 saturated carbocycles. The lowest BCUT2D eigenvalue weighted by Gasteiger charge is -2.40. The van der Waals surface area contributed by atoms with Gasteiger partial charge < -0.3 is 20.0 Å². The molecule has 2 amide bonds. The van der Waals surface area contributed by atoms with Crippen LogP contribution in [0.15, 0.2) is 12.7 Å². The van der Waals surface area contributed by atoms with Gasteiger partial charge in [0.05, 0.1) is 29.2 Å². The summed E-state index contributed by atoms with van der Waals surface area (Å²) in [6, 6.07) is -1.29. The summed E-state index contributed by atoms with van der Waals surface area (Å²) in [5.74, 6) is -3.04. The highest BCUT2D eigenvalue weighted by Crippen LogP contribution is 2.71. The monoisotopic (exact) mass is 452 g/mol. The highest BCUT2D eigenvalue weighted by Gasteiger charge is 2.78. The Morgan fingerprint density at radius 3 is 2.58 bits per heavy atom. The minimum absolute atomic E-state index is 0.0657. The Bertz CT molecular complexity index is 758. The zero-order chi connectivity index (χ0) is 23.1. The van der Waals surface area contributed by atoms with Gasteiger partial charge in [-0.05, 0) is 32.1 Å². The molecule has 2 bridgehead atoms. The standard InChI is InChI=1S/C23H36N2O5S/c1-6-8-12-24(11-7-2)20(28)18-23-10-9-22(5,31-23)17(21(29)30)16(23)19(27)25(18)15(13-26)14(3)4/h7,14-18,26H,2,6,8-13H2,1,3-5H3,(H,29,30)/t15-,16-,17+,18?,22-,23?/m0/s1. The van der Waals surface area contributed by atoms with Crippen molar-refractivity contribution in [3.8, 4) is 0 Å². The van der Waals surface area contributed by atoms with Gasteiger partial charge in [0.25, 0.3) is 0 Å². The van der Waals surface area contributed by atoms with E-state index in [9.17, 15) is 24.6 Å². The van der Waals surface area contributed by atoms with Gasteiger partial charge in [-0.15, -0.1) is 18.3 Å². The van der Waals surface area contributed by atoms with E-state index >= 15 is 0 Å². The summed E-state index contributed by atoms with van der Waals surface area (Å²) in [5, 5.41) is 20.2. The van der Waals surface area contributed by atoms with E-state index in [1.807, 2.05) is 20.8 Å². The first-order chi connectivity index (χ1) is 14.6. The molecule has 8 heteroatoms. The lowest BCUT2D eigenvalue weighted by molar-refractivity contribution is -0.151. The van der Waals surface area contributed by atoms with Crippen molar-refractivity contribution in [1.29, 1.82) is 0 Å². The summed E-state index contributed by atoms with van der Waals surface area (Å²) >= 11 is 1.53. The normalized spacial score (nSPS) is 34.8. The Kier molecular flexibility index (Phi) is 6.82. The van der Waals surface area contributed by atoms with Gasteiger partial charge in [-0.2, -0.15) is 0 Å². The van der Waals surface area contributed by atoms with Crippen molar-refractivity contribution in [3.05, 3.63) is 12.7 Å². The van der Waals surface area contributed by atoms with Crippen molar-refractivity contribution in [3.63, 3.8) is 0 Å². The van der Waals surface area contributed by atoms with Gasteiger partial charge in [-0.1, -0.05) is 33.3 Å². The lowest BCUT2D eigenvalue weighted by Crippen LogP contribution is -2.58. The fourth-order valence-electron chi connectivity index (χ4n) is 5.97. The largest absolute Gasteiger partial charge is 0.481 e. The lowest BCUT2D eigenvalue weighted by atomic mass is 9.66. The van der Waals surface area contributed by atoms with Crippen LogP contribution < -0.4 is 0 Å². The minimum atomic E-state index is -0.970. The van der Waals surface area contributed by atoms with Crippen LogP contribution in [0.3, 0.4) is 0 Å². The third-order valence-electron chi connectivity index (χ3n) is 7.47. The van der Waals surface area contributed by atoms with Crippen molar-refractivity contribution in [2.24, 2.45) is 17.8 Å². The smallest absolute Gasteiger partial charge is 0.308 e. The Morgan fingerprint density at radius 1 is 1.39 bits per heavy atom. The highest BCUT2D eigenvalue weighted by molar-refractivity contribution is 8.02. The predicted octanol–water partition coefficient (Wildman–Crippen LogP) is 2.38. The molecule has 3 heterocycles. The number of hydrogen-bond acceptors (Lipinski definition) is 5. The fourth-order valence-corrected chi connectivity index (χ4v) is 8.30. The first-order valence-electron chi connectivity index (χ1n) is 11.3. The number of fused-ring (bicyclic) bond motifs is 1. The average molecular weight is 453 g/mol. The molecule has 2 N–H and O–H groups in total. The van der Waals surface area contributed by atoms with Gasteiger partial charge in [0.1, 0.15) is 6.04 Å². The molecule has 2 unspecified atom stereocenters. The number of likely N-dealkylation sites (tertiary alicyclic amines) is 1. The van der Waals surface area contributed by atoms with E-state index in [2.05, 4.69) is 13.5 Å². The minimum Gasteiger partial charge on any atom is -0.481 e. The number of aliphatic carboxylic acids is 1. The molecule has 0 radical (unpaired) electrons. The van der Waals surface area contributed by atoms with E-state index in [0.717, 1.165) is 12.8 Å². The molecule has 3 saturated heterocycles. The van der Waals surface area contributed by atoms with Crippen LogP contribution in [0.4, 0.5) is 0 Å². The number of carbonyl (C=O) groups excluding carboxylic acids is 2. The number of hydrogen-bond donors (Lipinski definition) is 2. The zero-order valence-electron chi connectivity index (χ0n) is 19.0. The summed E-state index contributed by atoms with van der Waals surface area (Å²) in [6.07, 6.45) is 4.76. The van der Waals surface area contributed by atoms with Crippen LogP contribution in [-0.4, -0.2) is 79.1 Å². The number of aliphatic hydroxyl groups excluding tert-OH is 1. The maximum absolute atomic E-state index is 14.0. The Labute approximate surface area is 189 Å². The van der Waals surface area contributed by atoms with Gasteiger partial charge in [-0.3, -0.25) is 14.4 Å². The third kappa shape index (κ3) is 3.59. The molecule has 3 aliphatic heterocycles. The zero-order valence-corrected chi connectivity index (χ0v) is 19.9. The number of thioether (sulfide) groups is 1. The molecule has 3 aliphatic rings. The maximum Gasteiger partial charge on any atom is 0.308 e. The van der Waals surface area contributed by atoms with Gasteiger partial charge in [0.2, 0.25) is 11.8 Å². The van der Waals surface area contributed by atoms with Gasteiger partial charge in [-0.25, -0.2) is 0 Å². The van der Waals surface area contributed by atoms with Crippen molar-refractivity contribution in [2.45, 2.75) is 75.0 Å². The highest BCUT2D eigenvalue weighted by atomic mass is 32.2. The van der Waals surface area contributed by atoms with Gasteiger partial charge in [0.15, 0.2) is 0 Å². The van der Waals surface area contributed by atoms with Crippen molar-refractivity contribution in [1.82, 2.24) is 9.80 Å². The molecule has 0 aromatic rings. The number of rotatable bonds is 10. The molecule has 0 aliphatic carbocycles. The molecule has 0 aromatic carbocycles. The van der Waals surface area contributed by atoms with Gasteiger partial charge in [0, 0.05) is 17.8 Å². The Balaban J connectivity index is 2.12. The van der Waals surface area contributed by atoms with Crippen LogP contribution >= 0.6 is 11.8 Å². The summed E-state index contributed by atoms with van der Waals surface area (Å²) in [7, 11) is 0. The number of carbonyl (C=O) groups is 3. The summed E-state index contributed by atoms with van der Waals surface area (Å²) in [5.41, 5.74) is 0. The van der Waals surface area contributed by atoms with Crippen molar-refractivity contribution < 1.29 is 24.6 Å². The second kappa shape index (κ2) is 8.77. The number of nitrogens with zero attached hydrogens (tertiary/aromatic N) is 2. The van der Waals surface area contributed by atoms with Crippen LogP contribution in [0.2, 0.25) is 0 Å². The van der Waals surface area contributed by atoms with Gasteiger partial charge >= 0.3 is 5.97 Å². The number of carboxylic acids is 1. The van der Waals surface area contributed by atoms with Crippen molar-refractivity contribution >= 4 is 29.5 Å². The molecule has 7 nitrogen and oxygen atoms in total. The number of unbranched alkanes of at least 4 members (excludes halogenated alkanes) is 1. The molecular weight excluding hydrogens is 416 g/mol. The van der Waals surface area contributed by atoms with Crippen LogP contribution in [0.5, 0.6) is 0 Å². The van der Waals surface area contributed by atoms with E-state index in [-0.39, 0.29) is 24.3 Å². The quantitative estimate of drug-likeness (QED) is 0.494. The van der Waals surface area contributed by atoms with Crippen LogP contribution in [0.1, 0.15) is 53.4 Å². The van der Waals surface area contributed by atoms with Crippen molar-refractivity contribution in [2.75, 3.05) is 19.7 Å². The SMILES string of the molecule is C=CCN(CCCC)C(=O)C1N([C@@H](CO)C(C)C)C(=O)[C@@H]2[C@H](C(=O)O)[C@]3(C)CCC12S3. The third-order valence-corrected chi connectivity index (χ3v) is 9.46. The molecule has 0 aromatic heterocycles. The molecule has 174 valence electrons. The number of aliphatic hydroxyl groups is 1. The molecule has 6 atom stereocenters. The number of amides is 2. The second-order valence-corrected chi connectivity index (χ2v) is 11.6. The molecule has 1 spiro atoms. The topological polar surface area (TPSA) is 98.2 Å². The first-order valence-corrected chi connectivity index (χ1v) is 12.2.